The number of fused-ring (bicyclic) bond motifs is 1. The molecule has 0 radical (unpaired) electrons. The van der Waals surface area contributed by atoms with Crippen LogP contribution in [-0.2, 0) is 14.8 Å². The molecule has 34 heavy (non-hydrogen) atoms. The van der Waals surface area contributed by atoms with Gasteiger partial charge < -0.3 is 19.5 Å². The number of anilines is 2. The second-order valence-corrected chi connectivity index (χ2v) is 9.52. The molecular weight excluding hydrogens is 456 g/mol. The van der Waals surface area contributed by atoms with E-state index in [4.69, 9.17) is 14.2 Å². The van der Waals surface area contributed by atoms with Crippen molar-refractivity contribution in [3.8, 4) is 17.2 Å². The van der Waals surface area contributed by atoms with Crippen LogP contribution in [-0.4, -0.2) is 40.7 Å². The van der Waals surface area contributed by atoms with Crippen molar-refractivity contribution in [3.05, 3.63) is 72.3 Å². The number of benzene rings is 3. The molecule has 0 bridgehead atoms. The lowest BCUT2D eigenvalue weighted by molar-refractivity contribution is -0.114. The van der Waals surface area contributed by atoms with Gasteiger partial charge in [0, 0.05) is 11.8 Å². The Morgan fingerprint density at radius 3 is 2.32 bits per heavy atom. The van der Waals surface area contributed by atoms with Gasteiger partial charge in [0.05, 0.1) is 17.2 Å². The van der Waals surface area contributed by atoms with Gasteiger partial charge in [-0.25, -0.2) is 8.42 Å². The Morgan fingerprint density at radius 2 is 1.65 bits per heavy atom. The topological polar surface area (TPSA) is 94.2 Å². The lowest BCUT2D eigenvalue weighted by Gasteiger charge is -2.24. The normalized spacial score (nSPS) is 12.6. The summed E-state index contributed by atoms with van der Waals surface area (Å²) < 4.78 is 44.6. The van der Waals surface area contributed by atoms with Gasteiger partial charge in [0.15, 0.2) is 11.5 Å². The molecule has 1 N–H and O–H groups in total. The number of nitrogens with zero attached hydrogens (tertiary/aromatic N) is 1. The minimum absolute atomic E-state index is 0.0964. The summed E-state index contributed by atoms with van der Waals surface area (Å²) in [5.41, 5.74) is 1.76. The van der Waals surface area contributed by atoms with Crippen molar-refractivity contribution in [2.45, 2.75) is 18.7 Å². The highest BCUT2D eigenvalue weighted by Gasteiger charge is 2.27. The van der Waals surface area contributed by atoms with Crippen LogP contribution in [0, 0.1) is 6.92 Å². The molecule has 1 amide bonds. The Balaban J connectivity index is 1.61. The van der Waals surface area contributed by atoms with Crippen molar-refractivity contribution in [2.75, 3.05) is 36.0 Å². The highest BCUT2D eigenvalue weighted by molar-refractivity contribution is 7.92. The molecular formula is C25H26N2O6S. The molecule has 178 valence electrons. The summed E-state index contributed by atoms with van der Waals surface area (Å²) >= 11 is 0. The third kappa shape index (κ3) is 5.26. The average molecular weight is 483 g/mol. The SMILES string of the molecule is CCOc1ccc(N(CC(=O)Nc2ccc3c(c2)OCCO3)S(=O)(=O)c2ccc(C)cc2)cc1. The Kier molecular flexibility index (Phi) is 6.93. The average Bonchev–Trinajstić information content (AvgIpc) is 2.83. The van der Waals surface area contributed by atoms with Crippen LogP contribution in [0.1, 0.15) is 12.5 Å². The van der Waals surface area contributed by atoms with E-state index < -0.39 is 22.5 Å². The van der Waals surface area contributed by atoms with Gasteiger partial charge in [-0.2, -0.15) is 0 Å². The minimum Gasteiger partial charge on any atom is -0.494 e. The van der Waals surface area contributed by atoms with Crippen molar-refractivity contribution < 1.29 is 27.4 Å². The van der Waals surface area contributed by atoms with E-state index in [0.717, 1.165) is 9.87 Å². The fourth-order valence-corrected chi connectivity index (χ4v) is 4.90. The van der Waals surface area contributed by atoms with Gasteiger partial charge in [0.1, 0.15) is 25.5 Å². The lowest BCUT2D eigenvalue weighted by atomic mass is 10.2. The number of sulfonamides is 1. The Hall–Kier alpha value is -3.72. The number of aryl methyl sites for hydroxylation is 1. The predicted molar refractivity (Wildman–Crippen MR) is 129 cm³/mol. The molecule has 1 heterocycles. The number of rotatable bonds is 8. The fourth-order valence-electron chi connectivity index (χ4n) is 3.48. The van der Waals surface area contributed by atoms with Gasteiger partial charge in [-0.05, 0) is 62.4 Å². The Bertz CT molecular complexity index is 1260. The highest BCUT2D eigenvalue weighted by atomic mass is 32.2. The van der Waals surface area contributed by atoms with Gasteiger partial charge >= 0.3 is 0 Å². The Labute approximate surface area is 199 Å². The molecule has 0 fully saturated rings. The first kappa shape index (κ1) is 23.4. The fraction of sp³-hybridized carbons (Fsp3) is 0.240. The van der Waals surface area contributed by atoms with Gasteiger partial charge in [0.2, 0.25) is 5.91 Å². The van der Waals surface area contributed by atoms with Crippen molar-refractivity contribution in [1.82, 2.24) is 0 Å². The largest absolute Gasteiger partial charge is 0.494 e. The molecule has 1 aliphatic heterocycles. The zero-order valence-corrected chi connectivity index (χ0v) is 19.8. The highest BCUT2D eigenvalue weighted by Crippen LogP contribution is 2.33. The third-order valence-corrected chi connectivity index (χ3v) is 6.95. The van der Waals surface area contributed by atoms with Crippen LogP contribution < -0.4 is 23.8 Å². The maximum atomic E-state index is 13.5. The monoisotopic (exact) mass is 482 g/mol. The summed E-state index contributed by atoms with van der Waals surface area (Å²) in [7, 11) is -4.01. The molecule has 3 aromatic carbocycles. The zero-order chi connectivity index (χ0) is 24.1. The van der Waals surface area contributed by atoms with E-state index in [-0.39, 0.29) is 4.90 Å². The third-order valence-electron chi connectivity index (χ3n) is 5.16. The summed E-state index contributed by atoms with van der Waals surface area (Å²) in [6.07, 6.45) is 0. The second kappa shape index (κ2) is 10.0. The van der Waals surface area contributed by atoms with Gasteiger partial charge in [0.25, 0.3) is 10.0 Å². The zero-order valence-electron chi connectivity index (χ0n) is 19.0. The molecule has 4 rings (SSSR count). The van der Waals surface area contributed by atoms with Crippen molar-refractivity contribution in [1.29, 1.82) is 0 Å². The molecule has 0 unspecified atom stereocenters. The number of amides is 1. The van der Waals surface area contributed by atoms with Crippen LogP contribution in [0.25, 0.3) is 0 Å². The first-order chi connectivity index (χ1) is 16.4. The standard InChI is InChI=1S/C25H26N2O6S/c1-3-31-21-9-7-20(8-10-21)27(34(29,30)22-11-4-18(2)5-12-22)17-25(28)26-19-6-13-23-24(16-19)33-15-14-32-23/h4-13,16H,3,14-15,17H2,1-2H3,(H,26,28). The molecule has 1 aliphatic rings. The molecule has 0 saturated carbocycles. The van der Waals surface area contributed by atoms with Crippen LogP contribution >= 0.6 is 0 Å². The molecule has 9 heteroatoms. The first-order valence-corrected chi connectivity index (χ1v) is 12.3. The van der Waals surface area contributed by atoms with Gasteiger partial charge in [-0.15, -0.1) is 0 Å². The predicted octanol–water partition coefficient (Wildman–Crippen LogP) is 4.00. The number of carbonyl (C=O) groups is 1. The summed E-state index contributed by atoms with van der Waals surface area (Å²) in [6, 6.07) is 18.1. The molecule has 3 aromatic rings. The van der Waals surface area contributed by atoms with Crippen LogP contribution in [0.2, 0.25) is 0 Å². The summed E-state index contributed by atoms with van der Waals surface area (Å²) in [5, 5.41) is 2.75. The van der Waals surface area contributed by atoms with E-state index in [9.17, 15) is 13.2 Å². The molecule has 8 nitrogen and oxygen atoms in total. The van der Waals surface area contributed by atoms with E-state index >= 15 is 0 Å². The van der Waals surface area contributed by atoms with Crippen LogP contribution in [0.3, 0.4) is 0 Å². The molecule has 0 atom stereocenters. The maximum absolute atomic E-state index is 13.5. The van der Waals surface area contributed by atoms with Crippen LogP contribution in [0.4, 0.5) is 11.4 Å². The number of carbonyl (C=O) groups excluding carboxylic acids is 1. The minimum atomic E-state index is -4.01. The lowest BCUT2D eigenvalue weighted by Crippen LogP contribution is -2.38. The van der Waals surface area contributed by atoms with Gasteiger partial charge in [-0.1, -0.05) is 17.7 Å². The van der Waals surface area contributed by atoms with E-state index in [1.165, 1.54) is 12.1 Å². The summed E-state index contributed by atoms with van der Waals surface area (Å²) in [6.45, 7) is 4.70. The van der Waals surface area contributed by atoms with Crippen LogP contribution in [0.5, 0.6) is 17.2 Å². The first-order valence-electron chi connectivity index (χ1n) is 10.9. The Morgan fingerprint density at radius 1 is 0.971 bits per heavy atom. The maximum Gasteiger partial charge on any atom is 0.264 e. The van der Waals surface area contributed by atoms with Crippen molar-refractivity contribution in [2.24, 2.45) is 0 Å². The number of hydrogen-bond acceptors (Lipinski definition) is 6. The number of ether oxygens (including phenoxy) is 3. The van der Waals surface area contributed by atoms with Crippen molar-refractivity contribution >= 4 is 27.3 Å². The van der Waals surface area contributed by atoms with Gasteiger partial charge in [-0.3, -0.25) is 9.10 Å². The quantitative estimate of drug-likeness (QED) is 0.522. The van der Waals surface area contributed by atoms with E-state index in [2.05, 4.69) is 5.32 Å². The molecule has 0 saturated heterocycles. The van der Waals surface area contributed by atoms with E-state index in [1.54, 1.807) is 54.6 Å². The van der Waals surface area contributed by atoms with Crippen LogP contribution in [0.15, 0.2) is 71.6 Å². The summed E-state index contributed by atoms with van der Waals surface area (Å²) in [4.78, 5) is 13.0. The number of nitrogens with one attached hydrogen (secondary N) is 1. The second-order valence-electron chi connectivity index (χ2n) is 7.66. The van der Waals surface area contributed by atoms with Crippen molar-refractivity contribution in [3.63, 3.8) is 0 Å². The smallest absolute Gasteiger partial charge is 0.264 e. The number of hydrogen-bond donors (Lipinski definition) is 1. The molecule has 0 aromatic heterocycles. The molecule has 0 aliphatic carbocycles. The van der Waals surface area contributed by atoms with E-state index in [1.807, 2.05) is 13.8 Å². The molecule has 0 spiro atoms. The van der Waals surface area contributed by atoms with E-state index in [0.29, 0.717) is 48.4 Å². The summed E-state index contributed by atoms with van der Waals surface area (Å²) in [5.74, 6) is 1.24.